The second-order valence-corrected chi connectivity index (χ2v) is 4.24. The minimum absolute atomic E-state index is 0.00569. The van der Waals surface area contributed by atoms with Gasteiger partial charge in [-0.3, -0.25) is 4.79 Å². The lowest BCUT2D eigenvalue weighted by molar-refractivity contribution is -0.154. The van der Waals surface area contributed by atoms with Crippen LogP contribution in [-0.4, -0.2) is 44.3 Å². The third-order valence-electron chi connectivity index (χ3n) is 1.17. The van der Waals surface area contributed by atoms with Crippen molar-refractivity contribution in [2.75, 3.05) is 19.5 Å². The zero-order chi connectivity index (χ0) is 12.3. The summed E-state index contributed by atoms with van der Waals surface area (Å²) in [4.78, 5) is 10.7. The Morgan fingerprint density at radius 2 is 1.93 bits per heavy atom. The van der Waals surface area contributed by atoms with Crippen molar-refractivity contribution < 1.29 is 30.6 Å². The minimum Gasteiger partial charge on any atom is -0.272 e. The topological polar surface area (TPSA) is 63.7 Å². The summed E-state index contributed by atoms with van der Waals surface area (Å²) in [6, 6.07) is 0. The fourth-order valence-electron chi connectivity index (χ4n) is 0.429. The monoisotopic (exact) mass is 269 g/mol. The van der Waals surface area contributed by atoms with Crippen molar-refractivity contribution in [1.29, 1.82) is 0 Å². The Bertz CT molecular complexity index is 328. The van der Waals surface area contributed by atoms with Crippen molar-refractivity contribution in [2.45, 2.75) is 6.18 Å². The van der Waals surface area contributed by atoms with Crippen molar-refractivity contribution in [2.24, 2.45) is 0 Å². The van der Waals surface area contributed by atoms with E-state index in [-0.39, 0.29) is 4.31 Å². The molecule has 0 spiro atoms. The Labute approximate surface area is 89.0 Å². The van der Waals surface area contributed by atoms with E-state index in [2.05, 4.69) is 4.18 Å². The Morgan fingerprint density at radius 3 is 2.27 bits per heavy atom. The molecule has 0 radical (unpaired) electrons. The van der Waals surface area contributed by atoms with Crippen LogP contribution in [-0.2, 0) is 19.3 Å². The van der Waals surface area contributed by atoms with E-state index >= 15 is 0 Å². The van der Waals surface area contributed by atoms with E-state index < -0.39 is 34.9 Å². The molecular weight excluding hydrogens is 263 g/mol. The Morgan fingerprint density at radius 1 is 1.47 bits per heavy atom. The van der Waals surface area contributed by atoms with E-state index in [0.29, 0.717) is 0 Å². The third-order valence-corrected chi connectivity index (χ3v) is 2.69. The molecule has 10 heteroatoms. The normalized spacial score (nSPS) is 12.6. The second kappa shape index (κ2) is 4.99. The summed E-state index contributed by atoms with van der Waals surface area (Å²) in [5, 5.41) is 0. The van der Waals surface area contributed by atoms with Crippen molar-refractivity contribution in [3.8, 4) is 0 Å². The maximum atomic E-state index is 11.6. The summed E-state index contributed by atoms with van der Waals surface area (Å²) in [7, 11) is -3.98. The van der Waals surface area contributed by atoms with Gasteiger partial charge in [0, 0.05) is 7.05 Å². The molecule has 0 saturated heterocycles. The van der Waals surface area contributed by atoms with E-state index in [1.165, 1.54) is 0 Å². The molecule has 0 rings (SSSR count). The van der Waals surface area contributed by atoms with Gasteiger partial charge in [0.25, 0.3) is 5.91 Å². The van der Waals surface area contributed by atoms with Crippen LogP contribution in [0.4, 0.5) is 13.2 Å². The molecular formula is C5H7ClF3NO4S. The first-order valence-electron chi connectivity index (χ1n) is 3.39. The van der Waals surface area contributed by atoms with E-state index in [0.717, 1.165) is 7.05 Å². The molecule has 0 bridgehead atoms. The highest BCUT2D eigenvalue weighted by atomic mass is 35.5. The molecule has 90 valence electrons. The average molecular weight is 270 g/mol. The number of carbonyl (C=O) groups excluding carboxylic acids is 1. The second-order valence-electron chi connectivity index (χ2n) is 2.33. The van der Waals surface area contributed by atoms with Gasteiger partial charge >= 0.3 is 16.5 Å². The van der Waals surface area contributed by atoms with Crippen LogP contribution < -0.4 is 0 Å². The molecule has 0 N–H and O–H groups in total. The molecule has 0 unspecified atom stereocenters. The zero-order valence-corrected chi connectivity index (χ0v) is 8.99. The van der Waals surface area contributed by atoms with Gasteiger partial charge in [-0.05, 0) is 0 Å². The number of hydrogen-bond donors (Lipinski definition) is 0. The molecule has 5 nitrogen and oxygen atoms in total. The summed E-state index contributed by atoms with van der Waals surface area (Å²) < 4.78 is 60.2. The Hall–Kier alpha value is -0.540. The van der Waals surface area contributed by atoms with Gasteiger partial charge in [0.15, 0.2) is 6.61 Å². The van der Waals surface area contributed by atoms with Crippen LogP contribution in [0.5, 0.6) is 0 Å². The van der Waals surface area contributed by atoms with E-state index in [4.69, 9.17) is 11.6 Å². The van der Waals surface area contributed by atoms with Crippen LogP contribution in [0.2, 0.25) is 0 Å². The summed E-state index contributed by atoms with van der Waals surface area (Å²) in [6.07, 6.45) is -4.79. The first-order valence-corrected chi connectivity index (χ1v) is 5.29. The van der Waals surface area contributed by atoms with Crippen molar-refractivity contribution in [1.82, 2.24) is 4.31 Å². The van der Waals surface area contributed by atoms with Gasteiger partial charge in [-0.15, -0.1) is 11.6 Å². The van der Waals surface area contributed by atoms with Gasteiger partial charge in [-0.2, -0.15) is 21.6 Å². The zero-order valence-electron chi connectivity index (χ0n) is 7.41. The number of hydrogen-bond acceptors (Lipinski definition) is 4. The van der Waals surface area contributed by atoms with Crippen LogP contribution in [0.3, 0.4) is 0 Å². The summed E-state index contributed by atoms with van der Waals surface area (Å²) >= 11 is 5.01. The Kier molecular flexibility index (Phi) is 4.81. The number of halogens is 4. The molecule has 0 heterocycles. The molecule has 0 aromatic heterocycles. The van der Waals surface area contributed by atoms with Crippen LogP contribution >= 0.6 is 11.6 Å². The molecule has 1 amide bonds. The predicted octanol–water partition coefficient (Wildman–Crippen LogP) is 0.507. The molecule has 0 aliphatic carbocycles. The van der Waals surface area contributed by atoms with Crippen LogP contribution in [0.1, 0.15) is 0 Å². The lowest BCUT2D eigenvalue weighted by Gasteiger charge is -2.16. The summed E-state index contributed by atoms with van der Waals surface area (Å²) in [5.41, 5.74) is 0. The fraction of sp³-hybridized carbons (Fsp3) is 0.800. The van der Waals surface area contributed by atoms with Gasteiger partial charge in [0.1, 0.15) is 5.88 Å². The number of carbonyl (C=O) groups is 1. The van der Waals surface area contributed by atoms with Crippen LogP contribution in [0.15, 0.2) is 0 Å². The van der Waals surface area contributed by atoms with Gasteiger partial charge in [-0.25, -0.2) is 8.49 Å². The maximum absolute atomic E-state index is 11.6. The molecule has 0 atom stereocenters. The summed E-state index contributed by atoms with van der Waals surface area (Å²) in [6.45, 7) is -1.99. The maximum Gasteiger partial charge on any atom is 0.413 e. The average Bonchev–Trinajstić information content (AvgIpc) is 2.11. The van der Waals surface area contributed by atoms with Gasteiger partial charge < -0.3 is 0 Å². The molecule has 0 aromatic rings. The summed E-state index contributed by atoms with van der Waals surface area (Å²) in [5.74, 6) is -1.76. The number of alkyl halides is 4. The highest BCUT2D eigenvalue weighted by Gasteiger charge is 2.33. The largest absolute Gasteiger partial charge is 0.413 e. The molecule has 0 aliphatic heterocycles. The van der Waals surface area contributed by atoms with Crippen LogP contribution in [0.25, 0.3) is 0 Å². The molecule has 0 aromatic carbocycles. The van der Waals surface area contributed by atoms with Crippen molar-refractivity contribution >= 4 is 27.8 Å². The number of amides is 1. The van der Waals surface area contributed by atoms with Gasteiger partial charge in [-0.1, -0.05) is 0 Å². The minimum atomic E-state index is -4.79. The lowest BCUT2D eigenvalue weighted by atomic mass is 10.7. The standard InChI is InChI=1S/C5H7ClF3NO4S/c1-10(4(11)2-6)15(12,13)14-3-5(7,8)9/h2-3H2,1H3. The highest BCUT2D eigenvalue weighted by Crippen LogP contribution is 2.16. The highest BCUT2D eigenvalue weighted by molar-refractivity contribution is 7.84. The quantitative estimate of drug-likeness (QED) is 0.698. The smallest absolute Gasteiger partial charge is 0.272 e. The fourth-order valence-corrected chi connectivity index (χ4v) is 1.43. The first kappa shape index (κ1) is 14.5. The number of nitrogens with zero attached hydrogens (tertiary/aromatic N) is 1. The van der Waals surface area contributed by atoms with E-state index in [1.54, 1.807) is 0 Å². The molecule has 15 heavy (non-hydrogen) atoms. The first-order chi connectivity index (χ1) is 6.60. The SMILES string of the molecule is CN(C(=O)CCl)S(=O)(=O)OCC(F)(F)F. The molecule has 0 fully saturated rings. The predicted molar refractivity (Wildman–Crippen MR) is 44.4 cm³/mol. The third kappa shape index (κ3) is 5.19. The van der Waals surface area contributed by atoms with Crippen molar-refractivity contribution in [3.63, 3.8) is 0 Å². The molecule has 0 aliphatic rings. The lowest BCUT2D eigenvalue weighted by Crippen LogP contribution is -2.37. The number of rotatable bonds is 4. The van der Waals surface area contributed by atoms with E-state index in [9.17, 15) is 26.4 Å². The molecule has 0 saturated carbocycles. The van der Waals surface area contributed by atoms with E-state index in [1.807, 2.05) is 0 Å². The van der Waals surface area contributed by atoms with Crippen LogP contribution in [0, 0.1) is 0 Å². The van der Waals surface area contributed by atoms with Crippen molar-refractivity contribution in [3.05, 3.63) is 0 Å². The Balaban J connectivity index is 4.51. The van der Waals surface area contributed by atoms with Gasteiger partial charge in [0.05, 0.1) is 0 Å². The van der Waals surface area contributed by atoms with Gasteiger partial charge in [0.2, 0.25) is 0 Å².